The van der Waals surface area contributed by atoms with E-state index < -0.39 is 0 Å². The highest BCUT2D eigenvalue weighted by Crippen LogP contribution is 2.32. The highest BCUT2D eigenvalue weighted by Gasteiger charge is 2.23. The molecule has 2 aromatic heterocycles. The average molecular weight is 411 g/mol. The van der Waals surface area contributed by atoms with Gasteiger partial charge in [-0.05, 0) is 37.5 Å². The molecule has 0 fully saturated rings. The van der Waals surface area contributed by atoms with Crippen molar-refractivity contribution in [1.29, 1.82) is 0 Å². The maximum Gasteiger partial charge on any atom is 0.231 e. The van der Waals surface area contributed by atoms with Gasteiger partial charge in [-0.15, -0.1) is 21.5 Å². The van der Waals surface area contributed by atoms with E-state index in [0.29, 0.717) is 12.2 Å². The zero-order chi connectivity index (χ0) is 19.8. The number of carbonyl (C=O) groups is 1. The van der Waals surface area contributed by atoms with Gasteiger partial charge in [0.15, 0.2) is 17.3 Å². The Morgan fingerprint density at radius 3 is 3.03 bits per heavy atom. The van der Waals surface area contributed by atoms with Crippen LogP contribution in [0, 0.1) is 6.92 Å². The first kappa shape index (κ1) is 18.1. The summed E-state index contributed by atoms with van der Waals surface area (Å²) in [6, 6.07) is 5.75. The van der Waals surface area contributed by atoms with E-state index in [0.717, 1.165) is 59.5 Å². The second-order valence-electron chi connectivity index (χ2n) is 7.30. The average Bonchev–Trinajstić information content (AvgIpc) is 3.40. The highest BCUT2D eigenvalue weighted by molar-refractivity contribution is 7.09. The molecule has 8 nitrogen and oxygen atoms in total. The Balaban J connectivity index is 1.22. The third kappa shape index (κ3) is 3.69. The predicted octanol–water partition coefficient (Wildman–Crippen LogP) is 2.50. The lowest BCUT2D eigenvalue weighted by Gasteiger charge is -2.16. The van der Waals surface area contributed by atoms with Crippen molar-refractivity contribution >= 4 is 17.2 Å². The maximum absolute atomic E-state index is 12.6. The minimum atomic E-state index is 0.0156. The Labute approximate surface area is 171 Å². The highest BCUT2D eigenvalue weighted by atomic mass is 32.1. The Morgan fingerprint density at radius 2 is 2.17 bits per heavy atom. The van der Waals surface area contributed by atoms with Gasteiger partial charge in [0.25, 0.3) is 0 Å². The van der Waals surface area contributed by atoms with Gasteiger partial charge in [-0.1, -0.05) is 6.07 Å². The van der Waals surface area contributed by atoms with Crippen LogP contribution in [0.3, 0.4) is 0 Å². The number of benzene rings is 1. The quantitative estimate of drug-likeness (QED) is 0.709. The van der Waals surface area contributed by atoms with E-state index in [-0.39, 0.29) is 18.7 Å². The number of ether oxygens (including phenoxy) is 2. The molecular formula is C20H21N5O3S. The predicted molar refractivity (Wildman–Crippen MR) is 107 cm³/mol. The van der Waals surface area contributed by atoms with Crippen molar-refractivity contribution in [2.45, 2.75) is 45.2 Å². The van der Waals surface area contributed by atoms with Crippen molar-refractivity contribution in [1.82, 2.24) is 25.1 Å². The van der Waals surface area contributed by atoms with Crippen molar-refractivity contribution in [2.75, 3.05) is 6.79 Å². The van der Waals surface area contributed by atoms with E-state index in [1.54, 1.807) is 11.3 Å². The van der Waals surface area contributed by atoms with Crippen molar-refractivity contribution in [3.8, 4) is 23.0 Å². The van der Waals surface area contributed by atoms with Crippen LogP contribution in [0.5, 0.6) is 11.5 Å². The molecule has 3 aromatic rings. The Kier molecular flexibility index (Phi) is 4.67. The van der Waals surface area contributed by atoms with Crippen LogP contribution in [0.4, 0.5) is 0 Å². The first-order valence-corrected chi connectivity index (χ1v) is 10.6. The van der Waals surface area contributed by atoms with Crippen molar-refractivity contribution in [3.05, 3.63) is 40.0 Å². The number of rotatable bonds is 4. The summed E-state index contributed by atoms with van der Waals surface area (Å²) in [6.07, 6.45) is 2.79. The molecule has 1 aromatic carbocycles. The van der Waals surface area contributed by atoms with Crippen LogP contribution in [0.15, 0.2) is 23.6 Å². The van der Waals surface area contributed by atoms with Crippen LogP contribution in [0.25, 0.3) is 11.5 Å². The third-order valence-electron chi connectivity index (χ3n) is 5.26. The zero-order valence-electron chi connectivity index (χ0n) is 16.1. The zero-order valence-corrected chi connectivity index (χ0v) is 16.9. The fourth-order valence-corrected chi connectivity index (χ4v) is 4.39. The fraction of sp³-hybridized carbons (Fsp3) is 0.400. The van der Waals surface area contributed by atoms with Gasteiger partial charge in [-0.3, -0.25) is 4.79 Å². The molecular weight excluding hydrogens is 390 g/mol. The number of carbonyl (C=O) groups excluding carboxylic acids is 1. The topological polar surface area (TPSA) is 91.2 Å². The van der Waals surface area contributed by atoms with Crippen LogP contribution in [0.1, 0.15) is 29.2 Å². The van der Waals surface area contributed by atoms with Crippen LogP contribution >= 0.6 is 11.3 Å². The van der Waals surface area contributed by atoms with E-state index in [9.17, 15) is 4.79 Å². The van der Waals surface area contributed by atoms with Gasteiger partial charge in [0.2, 0.25) is 12.7 Å². The molecule has 0 saturated carbocycles. The van der Waals surface area contributed by atoms with E-state index in [1.165, 1.54) is 0 Å². The van der Waals surface area contributed by atoms with Crippen LogP contribution in [-0.2, 0) is 24.2 Å². The number of amides is 1. The molecule has 150 valence electrons. The first-order valence-electron chi connectivity index (χ1n) is 9.68. The van der Waals surface area contributed by atoms with Gasteiger partial charge in [0.05, 0.1) is 11.4 Å². The molecule has 0 aliphatic carbocycles. The number of hydrogen-bond donors (Lipinski definition) is 1. The number of thiazole rings is 1. The second-order valence-corrected chi connectivity index (χ2v) is 8.36. The summed E-state index contributed by atoms with van der Waals surface area (Å²) in [5, 5.41) is 14.9. The van der Waals surface area contributed by atoms with Gasteiger partial charge >= 0.3 is 0 Å². The monoisotopic (exact) mass is 411 g/mol. The Morgan fingerprint density at radius 1 is 1.28 bits per heavy atom. The second kappa shape index (κ2) is 7.47. The molecule has 1 N–H and O–H groups in total. The van der Waals surface area contributed by atoms with Crippen molar-refractivity contribution in [2.24, 2.45) is 0 Å². The van der Waals surface area contributed by atoms with Crippen molar-refractivity contribution < 1.29 is 14.3 Å². The number of aryl methyl sites for hydroxylation is 2. The summed E-state index contributed by atoms with van der Waals surface area (Å²) in [5.41, 5.74) is 1.79. The van der Waals surface area contributed by atoms with Gasteiger partial charge in [0.1, 0.15) is 11.5 Å². The van der Waals surface area contributed by atoms with E-state index >= 15 is 0 Å². The summed E-state index contributed by atoms with van der Waals surface area (Å²) in [7, 11) is 0. The number of nitrogens with one attached hydrogen (secondary N) is 1. The van der Waals surface area contributed by atoms with Crippen LogP contribution in [0.2, 0.25) is 0 Å². The molecule has 1 unspecified atom stereocenters. The molecule has 2 aliphatic rings. The molecule has 9 heteroatoms. The summed E-state index contributed by atoms with van der Waals surface area (Å²) in [4.78, 5) is 17.1. The summed E-state index contributed by atoms with van der Waals surface area (Å²) in [5.74, 6) is 3.22. The number of fused-ring (bicyclic) bond motifs is 2. The van der Waals surface area contributed by atoms with Crippen molar-refractivity contribution in [3.63, 3.8) is 0 Å². The van der Waals surface area contributed by atoms with Crippen LogP contribution < -0.4 is 14.8 Å². The molecule has 0 saturated heterocycles. The van der Waals surface area contributed by atoms with Gasteiger partial charge < -0.3 is 19.4 Å². The molecule has 2 aliphatic heterocycles. The van der Waals surface area contributed by atoms with E-state index in [2.05, 4.69) is 25.1 Å². The fourth-order valence-electron chi connectivity index (χ4n) is 3.80. The summed E-state index contributed by atoms with van der Waals surface area (Å²) < 4.78 is 12.8. The first-order chi connectivity index (χ1) is 14.2. The molecule has 0 bridgehead atoms. The van der Waals surface area contributed by atoms with E-state index in [1.807, 2.05) is 30.5 Å². The minimum Gasteiger partial charge on any atom is -0.454 e. The molecule has 1 amide bonds. The number of hydrogen-bond acceptors (Lipinski definition) is 7. The third-order valence-corrected chi connectivity index (χ3v) is 6.03. The Hall–Kier alpha value is -2.94. The molecule has 29 heavy (non-hydrogen) atoms. The minimum absolute atomic E-state index is 0.0156. The number of aromatic nitrogens is 4. The van der Waals surface area contributed by atoms with Crippen LogP contribution in [-0.4, -0.2) is 38.5 Å². The maximum atomic E-state index is 12.6. The molecule has 5 rings (SSSR count). The van der Waals surface area contributed by atoms with E-state index in [4.69, 9.17) is 9.47 Å². The lowest BCUT2D eigenvalue weighted by Crippen LogP contribution is -2.36. The van der Waals surface area contributed by atoms with Gasteiger partial charge in [0, 0.05) is 24.4 Å². The summed E-state index contributed by atoms with van der Waals surface area (Å²) in [6.45, 7) is 2.99. The smallest absolute Gasteiger partial charge is 0.231 e. The lowest BCUT2D eigenvalue weighted by molar-refractivity contribution is -0.121. The summed E-state index contributed by atoms with van der Waals surface area (Å²) >= 11 is 1.61. The lowest BCUT2D eigenvalue weighted by atomic mass is 10.1. The normalized spacial score (nSPS) is 17.6. The molecule has 1 atom stereocenters. The molecule has 4 heterocycles. The van der Waals surface area contributed by atoms with Gasteiger partial charge in [-0.25, -0.2) is 4.98 Å². The standard InChI is InChI=1S/C20H21N5O3S/c1-12-21-15(10-29-12)20-24-23-18-5-3-14(6-7-25(18)20)22-19(26)9-13-2-4-16-17(8-13)28-11-27-16/h2,4,8,10,14H,3,5-7,9,11H2,1H3,(H,22,26). The number of nitrogens with zero attached hydrogens (tertiary/aromatic N) is 4. The Bertz CT molecular complexity index is 1060. The molecule has 0 radical (unpaired) electrons. The SMILES string of the molecule is Cc1nc(-c2nnc3n2CCC(NC(=O)Cc2ccc4c(c2)OCO4)CC3)cs1. The largest absolute Gasteiger partial charge is 0.454 e. The molecule has 0 spiro atoms. The van der Waals surface area contributed by atoms with Gasteiger partial charge in [-0.2, -0.15) is 0 Å².